The highest BCUT2D eigenvalue weighted by Crippen LogP contribution is 2.45. The van der Waals surface area contributed by atoms with Gasteiger partial charge in [-0.15, -0.1) is 0 Å². The number of aliphatic hydroxyl groups is 1. The molecule has 0 spiro atoms. The summed E-state index contributed by atoms with van der Waals surface area (Å²) in [5.41, 5.74) is 0. The molecule has 0 saturated carbocycles. The highest BCUT2D eigenvalue weighted by Gasteiger charge is 2.30. The van der Waals surface area contributed by atoms with Gasteiger partial charge in [0.05, 0.1) is 26.4 Å². The molecule has 0 amide bonds. The molecule has 576 valence electrons. The maximum Gasteiger partial charge on any atom is 0.472 e. The molecule has 0 aromatic heterocycles. The molecule has 0 saturated heterocycles. The van der Waals surface area contributed by atoms with Crippen LogP contribution in [-0.4, -0.2) is 96.7 Å². The first-order valence-corrected chi connectivity index (χ1v) is 43.5. The molecular formula is C78H152O17P2. The molecule has 0 aliphatic rings. The fraction of sp³-hybridized carbons (Fsp3) is 0.949. The van der Waals surface area contributed by atoms with Crippen molar-refractivity contribution in [3.05, 3.63) is 0 Å². The molecule has 17 nitrogen and oxygen atoms in total. The molecule has 0 rings (SSSR count). The number of carbonyl (C=O) groups excluding carboxylic acids is 4. The zero-order valence-corrected chi connectivity index (χ0v) is 65.2. The Bertz CT molecular complexity index is 1870. The van der Waals surface area contributed by atoms with Crippen LogP contribution < -0.4 is 0 Å². The van der Waals surface area contributed by atoms with Gasteiger partial charge in [-0.1, -0.05) is 356 Å². The summed E-state index contributed by atoms with van der Waals surface area (Å²) < 4.78 is 68.7. The van der Waals surface area contributed by atoms with Crippen molar-refractivity contribution >= 4 is 39.5 Å². The number of carbonyl (C=O) groups is 4. The van der Waals surface area contributed by atoms with Crippen molar-refractivity contribution in [2.45, 2.75) is 426 Å². The van der Waals surface area contributed by atoms with Crippen LogP contribution >= 0.6 is 15.6 Å². The number of aliphatic hydroxyl groups excluding tert-OH is 1. The van der Waals surface area contributed by atoms with Crippen LogP contribution in [0.15, 0.2) is 0 Å². The number of hydrogen-bond acceptors (Lipinski definition) is 15. The van der Waals surface area contributed by atoms with E-state index in [1.54, 1.807) is 0 Å². The number of phosphoric acid groups is 2. The third kappa shape index (κ3) is 72.2. The van der Waals surface area contributed by atoms with Crippen molar-refractivity contribution in [3.8, 4) is 0 Å². The molecule has 97 heavy (non-hydrogen) atoms. The van der Waals surface area contributed by atoms with Crippen LogP contribution in [0.5, 0.6) is 0 Å². The predicted molar refractivity (Wildman–Crippen MR) is 395 cm³/mol. The summed E-state index contributed by atoms with van der Waals surface area (Å²) in [6.07, 6.45) is 58.1. The number of esters is 4. The number of rotatable bonds is 77. The molecule has 0 aromatic carbocycles. The van der Waals surface area contributed by atoms with E-state index in [-0.39, 0.29) is 25.7 Å². The van der Waals surface area contributed by atoms with Gasteiger partial charge in [-0.2, -0.15) is 0 Å². The van der Waals surface area contributed by atoms with Crippen LogP contribution in [-0.2, 0) is 65.4 Å². The summed E-state index contributed by atoms with van der Waals surface area (Å²) in [5.74, 6) is -0.580. The molecule has 0 heterocycles. The van der Waals surface area contributed by atoms with Crippen molar-refractivity contribution in [2.24, 2.45) is 11.8 Å². The topological polar surface area (TPSA) is 237 Å². The summed E-state index contributed by atoms with van der Waals surface area (Å²) in [5, 5.41) is 10.6. The minimum absolute atomic E-state index is 0.108. The van der Waals surface area contributed by atoms with Crippen molar-refractivity contribution in [3.63, 3.8) is 0 Å². The summed E-state index contributed by atoms with van der Waals surface area (Å²) >= 11 is 0. The van der Waals surface area contributed by atoms with Gasteiger partial charge in [-0.05, 0) is 37.5 Å². The minimum Gasteiger partial charge on any atom is -0.462 e. The van der Waals surface area contributed by atoms with E-state index >= 15 is 0 Å². The minimum atomic E-state index is -4.96. The first kappa shape index (κ1) is 95.1. The quantitative estimate of drug-likeness (QED) is 0.0222. The number of phosphoric ester groups is 2. The highest BCUT2D eigenvalue weighted by atomic mass is 31.2. The molecule has 5 atom stereocenters. The zero-order chi connectivity index (χ0) is 71.4. The molecule has 2 unspecified atom stereocenters. The van der Waals surface area contributed by atoms with Gasteiger partial charge in [0.25, 0.3) is 0 Å². The Kier molecular flexibility index (Phi) is 68.4. The van der Waals surface area contributed by atoms with E-state index in [2.05, 4.69) is 41.5 Å². The molecule has 0 radical (unpaired) electrons. The van der Waals surface area contributed by atoms with Gasteiger partial charge < -0.3 is 33.8 Å². The van der Waals surface area contributed by atoms with Gasteiger partial charge in [0.15, 0.2) is 12.2 Å². The monoisotopic (exact) mass is 1420 g/mol. The Hall–Kier alpha value is -1.94. The van der Waals surface area contributed by atoms with Crippen molar-refractivity contribution in [1.29, 1.82) is 0 Å². The van der Waals surface area contributed by atoms with E-state index in [0.717, 1.165) is 102 Å². The zero-order valence-electron chi connectivity index (χ0n) is 63.4. The average Bonchev–Trinajstić information content (AvgIpc) is 2.49. The van der Waals surface area contributed by atoms with E-state index in [4.69, 9.17) is 37.0 Å². The van der Waals surface area contributed by atoms with E-state index < -0.39 is 97.5 Å². The standard InChI is InChI=1S/C78H152O17P2/c1-7-9-11-13-15-17-19-21-23-24-26-30-39-45-51-57-63-78(83)94-73(66-88-75(80)60-54-48-42-36-31-27-28-34-40-46-52-58-70(3)4)68-92-96(84,85)90-64-72(79)65-91-97(86,87)93-69-74(67-89-76(81)61-55-49-43-37-33-32-35-41-47-53-59-71(5)6)95-77(82)62-56-50-44-38-29-25-22-20-18-16-14-12-10-8-2/h70-74,79H,7-69H2,1-6H3,(H,84,85)(H,86,87)/t72-,73-,74-/m1/s1. The Morgan fingerprint density at radius 1 is 0.278 bits per heavy atom. The summed E-state index contributed by atoms with van der Waals surface area (Å²) in [6, 6.07) is 0. The Balaban J connectivity index is 5.27. The second-order valence-electron chi connectivity index (χ2n) is 29.1. The Morgan fingerprint density at radius 3 is 0.701 bits per heavy atom. The lowest BCUT2D eigenvalue weighted by atomic mass is 10.0. The van der Waals surface area contributed by atoms with E-state index in [0.29, 0.717) is 25.7 Å². The smallest absolute Gasteiger partial charge is 0.462 e. The normalized spacial score (nSPS) is 14.0. The average molecular weight is 1420 g/mol. The Labute approximate surface area is 594 Å². The van der Waals surface area contributed by atoms with Crippen LogP contribution in [0.1, 0.15) is 408 Å². The fourth-order valence-corrected chi connectivity index (χ4v) is 13.6. The highest BCUT2D eigenvalue weighted by molar-refractivity contribution is 7.47. The second-order valence-corrected chi connectivity index (χ2v) is 32.0. The molecule has 3 N–H and O–H groups in total. The first-order valence-electron chi connectivity index (χ1n) is 40.5. The molecule has 0 aromatic rings. The largest absolute Gasteiger partial charge is 0.472 e. The van der Waals surface area contributed by atoms with Crippen LogP contribution in [0.25, 0.3) is 0 Å². The molecule has 19 heteroatoms. The van der Waals surface area contributed by atoms with Crippen LogP contribution in [0, 0.1) is 11.8 Å². The first-order chi connectivity index (χ1) is 46.9. The summed E-state index contributed by atoms with van der Waals surface area (Å²) in [4.78, 5) is 73.0. The van der Waals surface area contributed by atoms with Crippen LogP contribution in [0.2, 0.25) is 0 Å². The fourth-order valence-electron chi connectivity index (χ4n) is 12.0. The lowest BCUT2D eigenvalue weighted by Crippen LogP contribution is -2.30. The second kappa shape index (κ2) is 69.8. The van der Waals surface area contributed by atoms with Crippen molar-refractivity contribution in [2.75, 3.05) is 39.6 Å². The lowest BCUT2D eigenvalue weighted by molar-refractivity contribution is -0.161. The van der Waals surface area contributed by atoms with Crippen LogP contribution in [0.3, 0.4) is 0 Å². The van der Waals surface area contributed by atoms with E-state index in [9.17, 15) is 43.2 Å². The molecule has 0 bridgehead atoms. The van der Waals surface area contributed by atoms with Crippen LogP contribution in [0.4, 0.5) is 0 Å². The van der Waals surface area contributed by atoms with E-state index in [1.807, 2.05) is 0 Å². The van der Waals surface area contributed by atoms with Gasteiger partial charge in [0.1, 0.15) is 19.3 Å². The molecular weight excluding hydrogens is 1270 g/mol. The number of unbranched alkanes of at least 4 members (excludes halogenated alkanes) is 47. The van der Waals surface area contributed by atoms with Gasteiger partial charge in [-0.3, -0.25) is 37.3 Å². The summed E-state index contributed by atoms with van der Waals surface area (Å²) in [7, 11) is -9.92. The van der Waals surface area contributed by atoms with Gasteiger partial charge in [-0.25, -0.2) is 9.13 Å². The predicted octanol–water partition coefficient (Wildman–Crippen LogP) is 23.1. The van der Waals surface area contributed by atoms with Crippen molar-refractivity contribution in [1.82, 2.24) is 0 Å². The third-order valence-electron chi connectivity index (χ3n) is 18.2. The maximum absolute atomic E-state index is 13.1. The molecule has 0 aliphatic carbocycles. The molecule has 0 fully saturated rings. The lowest BCUT2D eigenvalue weighted by Gasteiger charge is -2.21. The van der Waals surface area contributed by atoms with E-state index in [1.165, 1.54) is 225 Å². The SMILES string of the molecule is CCCCCCCCCCCCCCCCCCC(=O)O[C@H](COC(=O)CCCCCCCCCCCCCC(C)C)COP(=O)(O)OC[C@@H](O)COP(=O)(O)OC[C@@H](COC(=O)CCCCCCCCCCCCC(C)C)OC(=O)CCCCCCCCCCCCCCCC. The van der Waals surface area contributed by atoms with Gasteiger partial charge >= 0.3 is 39.5 Å². The van der Waals surface area contributed by atoms with Gasteiger partial charge in [0, 0.05) is 25.7 Å². The Morgan fingerprint density at radius 2 is 0.474 bits per heavy atom. The van der Waals surface area contributed by atoms with Gasteiger partial charge in [0.2, 0.25) is 0 Å². The summed E-state index contributed by atoms with van der Waals surface area (Å²) in [6.45, 7) is 9.62. The number of hydrogen-bond donors (Lipinski definition) is 3. The molecule has 0 aliphatic heterocycles. The van der Waals surface area contributed by atoms with Crippen molar-refractivity contribution < 1.29 is 80.2 Å². The number of ether oxygens (including phenoxy) is 4. The maximum atomic E-state index is 13.1. The third-order valence-corrected chi connectivity index (χ3v) is 20.1.